The molecule has 222 valence electrons. The molecule has 3 unspecified atom stereocenters. The normalized spacial score (nSPS) is 24.5. The van der Waals surface area contributed by atoms with E-state index in [1.54, 1.807) is 19.9 Å². The number of allylic oxidation sites excluding steroid dienone is 1. The predicted molar refractivity (Wildman–Crippen MR) is 155 cm³/mol. The summed E-state index contributed by atoms with van der Waals surface area (Å²) in [6.45, 7) is 12.4. The van der Waals surface area contributed by atoms with Gasteiger partial charge in [-0.3, -0.25) is 14.4 Å². The van der Waals surface area contributed by atoms with Gasteiger partial charge in [-0.25, -0.2) is 18.1 Å². The average molecular weight is 587 g/mol. The fourth-order valence-electron chi connectivity index (χ4n) is 5.65. The lowest BCUT2D eigenvalue weighted by atomic mass is 9.69. The number of carbonyl (C=O) groups excluding carboxylic acids is 3. The van der Waals surface area contributed by atoms with Gasteiger partial charge in [0.15, 0.2) is 17.4 Å². The summed E-state index contributed by atoms with van der Waals surface area (Å²) < 4.78 is 31.1. The summed E-state index contributed by atoms with van der Waals surface area (Å²) in [5.74, 6) is -0.437. The molecule has 1 fully saturated rings. The van der Waals surface area contributed by atoms with Crippen LogP contribution in [-0.2, 0) is 24.4 Å². The first kappa shape index (κ1) is 31.8. The van der Waals surface area contributed by atoms with Crippen molar-refractivity contribution in [1.29, 1.82) is 5.26 Å². The number of carbonyl (C=O) groups is 3. The number of H-pyrrole nitrogens is 1. The zero-order chi connectivity index (χ0) is 30.8. The standard InChI is InChI=1S/C28H38N6O6S/c1-13-9-14(2)23(15(3)10-13)28(37)40-24-17(5)22(32-26(24)30-19(7)35)11-21-16(4)20(12-29)25(31-21)33-27(36)18(6)34-41(8,38)39/h11,13-15,18,23,32,34H,9-10H2,1-8H3,(H,30,35)(H,31,33,36). The van der Waals surface area contributed by atoms with Crippen molar-refractivity contribution in [3.8, 4) is 11.8 Å². The number of nitrogens with one attached hydrogen (secondary N) is 4. The second-order valence-electron chi connectivity index (χ2n) is 11.2. The first-order valence-electron chi connectivity index (χ1n) is 13.4. The van der Waals surface area contributed by atoms with Crippen LogP contribution in [0.5, 0.6) is 5.75 Å². The summed E-state index contributed by atoms with van der Waals surface area (Å²) in [5.41, 5.74) is 1.96. The maximum atomic E-state index is 13.3. The highest BCUT2D eigenvalue weighted by atomic mass is 32.2. The number of hydrogen-bond donors (Lipinski definition) is 4. The van der Waals surface area contributed by atoms with E-state index in [9.17, 15) is 28.1 Å². The number of aromatic nitrogens is 1. The number of amides is 2. The minimum absolute atomic E-state index is 0.0177. The van der Waals surface area contributed by atoms with Crippen molar-refractivity contribution in [1.82, 2.24) is 15.0 Å². The van der Waals surface area contributed by atoms with E-state index in [-0.39, 0.29) is 52.6 Å². The number of amidine groups is 1. The van der Waals surface area contributed by atoms with Gasteiger partial charge in [0.05, 0.1) is 29.5 Å². The molecule has 2 heterocycles. The van der Waals surface area contributed by atoms with Gasteiger partial charge in [0.1, 0.15) is 6.07 Å². The van der Waals surface area contributed by atoms with Crippen LogP contribution in [0.4, 0.5) is 5.82 Å². The third-order valence-electron chi connectivity index (χ3n) is 7.43. The minimum Gasteiger partial charge on any atom is -0.422 e. The number of esters is 1. The molecule has 1 saturated carbocycles. The Kier molecular flexibility index (Phi) is 9.61. The summed E-state index contributed by atoms with van der Waals surface area (Å²) in [5, 5.41) is 14.9. The van der Waals surface area contributed by atoms with Crippen LogP contribution < -0.4 is 20.1 Å². The van der Waals surface area contributed by atoms with Crippen LogP contribution >= 0.6 is 0 Å². The molecular formula is C28H38N6O6S. The Hall–Kier alpha value is -3.76. The van der Waals surface area contributed by atoms with E-state index in [1.807, 2.05) is 6.07 Å². The van der Waals surface area contributed by atoms with E-state index in [0.717, 1.165) is 19.1 Å². The van der Waals surface area contributed by atoms with Crippen LogP contribution in [0.2, 0.25) is 0 Å². The third kappa shape index (κ3) is 7.51. The Morgan fingerprint density at radius 2 is 1.76 bits per heavy atom. The molecule has 3 rings (SSSR count). The highest BCUT2D eigenvalue weighted by molar-refractivity contribution is 7.88. The summed E-state index contributed by atoms with van der Waals surface area (Å²) in [6, 6.07) is 0.926. The molecule has 4 N–H and O–H groups in total. The molecule has 0 aromatic carbocycles. The van der Waals surface area contributed by atoms with E-state index < -0.39 is 22.0 Å². The van der Waals surface area contributed by atoms with E-state index in [2.05, 4.69) is 46.1 Å². The SMILES string of the molecule is CC(=O)Nc1[nH]c(C=C2N=C(NC(=O)C(C)NS(C)(=O)=O)C(C#N)=C2C)c(C)c1OC(=O)C1C(C)CC(C)CC1C. The van der Waals surface area contributed by atoms with Gasteiger partial charge in [0.2, 0.25) is 21.8 Å². The number of rotatable bonds is 7. The minimum atomic E-state index is -3.63. The van der Waals surface area contributed by atoms with Crippen molar-refractivity contribution in [2.24, 2.45) is 28.7 Å². The summed E-state index contributed by atoms with van der Waals surface area (Å²) in [4.78, 5) is 45.3. The number of sulfonamides is 1. The predicted octanol–water partition coefficient (Wildman–Crippen LogP) is 3.15. The molecule has 2 amide bonds. The van der Waals surface area contributed by atoms with Gasteiger partial charge in [-0.2, -0.15) is 5.26 Å². The summed E-state index contributed by atoms with van der Waals surface area (Å²) >= 11 is 0. The number of nitrogens with zero attached hydrogens (tertiary/aromatic N) is 2. The molecule has 12 nitrogen and oxygen atoms in total. The van der Waals surface area contributed by atoms with Gasteiger partial charge in [0, 0.05) is 18.2 Å². The zero-order valence-electron chi connectivity index (χ0n) is 24.6. The fourth-order valence-corrected chi connectivity index (χ4v) is 6.40. The van der Waals surface area contributed by atoms with Crippen molar-refractivity contribution >= 4 is 45.5 Å². The van der Waals surface area contributed by atoms with E-state index in [0.29, 0.717) is 28.4 Å². The smallest absolute Gasteiger partial charge is 0.315 e. The van der Waals surface area contributed by atoms with Crippen LogP contribution in [0, 0.1) is 41.9 Å². The molecule has 0 radical (unpaired) electrons. The molecule has 2 aliphatic rings. The van der Waals surface area contributed by atoms with Crippen LogP contribution in [-0.4, -0.2) is 49.3 Å². The highest BCUT2D eigenvalue weighted by Crippen LogP contribution is 2.40. The van der Waals surface area contributed by atoms with Gasteiger partial charge in [0.25, 0.3) is 0 Å². The molecule has 41 heavy (non-hydrogen) atoms. The van der Waals surface area contributed by atoms with Crippen LogP contribution in [0.15, 0.2) is 21.8 Å². The molecule has 0 spiro atoms. The van der Waals surface area contributed by atoms with Crippen molar-refractivity contribution < 1.29 is 27.5 Å². The van der Waals surface area contributed by atoms with Crippen molar-refractivity contribution in [3.05, 3.63) is 28.1 Å². The first-order chi connectivity index (χ1) is 19.0. The van der Waals surface area contributed by atoms with Gasteiger partial charge < -0.3 is 20.4 Å². The zero-order valence-corrected chi connectivity index (χ0v) is 25.4. The molecule has 1 aliphatic heterocycles. The number of anilines is 1. The fraction of sp³-hybridized carbons (Fsp3) is 0.536. The molecule has 13 heteroatoms. The molecular weight excluding hydrogens is 548 g/mol. The second kappa shape index (κ2) is 12.4. The van der Waals surface area contributed by atoms with E-state index in [1.165, 1.54) is 13.8 Å². The Balaban J connectivity index is 1.95. The average Bonchev–Trinajstić information content (AvgIpc) is 3.27. The summed E-state index contributed by atoms with van der Waals surface area (Å²) in [7, 11) is -3.63. The first-order valence-corrected chi connectivity index (χ1v) is 15.3. The number of aliphatic imine (C=N–C) groups is 1. The summed E-state index contributed by atoms with van der Waals surface area (Å²) in [6.07, 6.45) is 4.42. The highest BCUT2D eigenvalue weighted by Gasteiger charge is 2.38. The van der Waals surface area contributed by atoms with Crippen molar-refractivity contribution in [2.45, 2.75) is 67.3 Å². The van der Waals surface area contributed by atoms with E-state index in [4.69, 9.17) is 4.74 Å². The van der Waals surface area contributed by atoms with Crippen LogP contribution in [0.3, 0.4) is 0 Å². The quantitative estimate of drug-likeness (QED) is 0.354. The largest absolute Gasteiger partial charge is 0.422 e. The molecule has 3 atom stereocenters. The lowest BCUT2D eigenvalue weighted by molar-refractivity contribution is -0.144. The second-order valence-corrected chi connectivity index (χ2v) is 13.0. The Morgan fingerprint density at radius 1 is 1.15 bits per heavy atom. The Morgan fingerprint density at radius 3 is 2.29 bits per heavy atom. The van der Waals surface area contributed by atoms with E-state index >= 15 is 0 Å². The maximum Gasteiger partial charge on any atom is 0.315 e. The third-order valence-corrected chi connectivity index (χ3v) is 8.21. The number of hydrogen-bond acceptors (Lipinski definition) is 8. The van der Waals surface area contributed by atoms with Crippen molar-refractivity contribution in [2.75, 3.05) is 11.6 Å². The molecule has 0 saturated heterocycles. The van der Waals surface area contributed by atoms with Crippen LogP contribution in [0.1, 0.15) is 65.6 Å². The lowest BCUT2D eigenvalue weighted by Crippen LogP contribution is -2.46. The topological polar surface area (TPSA) is 183 Å². The van der Waals surface area contributed by atoms with Crippen LogP contribution in [0.25, 0.3) is 6.08 Å². The lowest BCUT2D eigenvalue weighted by Gasteiger charge is -2.36. The number of aromatic amines is 1. The monoisotopic (exact) mass is 586 g/mol. The molecule has 1 aliphatic carbocycles. The van der Waals surface area contributed by atoms with Crippen molar-refractivity contribution in [3.63, 3.8) is 0 Å². The van der Waals surface area contributed by atoms with Gasteiger partial charge in [-0.1, -0.05) is 20.8 Å². The maximum absolute atomic E-state index is 13.3. The Labute approximate surface area is 240 Å². The molecule has 1 aromatic heterocycles. The number of nitriles is 1. The Bertz CT molecular complexity index is 1480. The van der Waals surface area contributed by atoms with Gasteiger partial charge >= 0.3 is 5.97 Å². The number of ether oxygens (including phenoxy) is 1. The van der Waals surface area contributed by atoms with Gasteiger partial charge in [-0.05, 0) is 63.0 Å². The van der Waals surface area contributed by atoms with Gasteiger partial charge in [-0.15, -0.1) is 0 Å². The molecule has 1 aromatic rings. The molecule has 0 bridgehead atoms.